The average molecular weight is 252 g/mol. The molecule has 18 heavy (non-hydrogen) atoms. The van der Waals surface area contributed by atoms with Gasteiger partial charge in [0.25, 0.3) is 0 Å². The van der Waals surface area contributed by atoms with Crippen LogP contribution in [0.4, 0.5) is 10.1 Å². The third-order valence-electron chi connectivity index (χ3n) is 2.90. The monoisotopic (exact) mass is 252 g/mol. The largest absolute Gasteiger partial charge is 0.319 e. The second-order valence-corrected chi connectivity index (χ2v) is 5.41. The van der Waals surface area contributed by atoms with Gasteiger partial charge < -0.3 is 10.6 Å². The zero-order valence-corrected chi connectivity index (χ0v) is 11.4. The molecule has 0 unspecified atom stereocenters. The van der Waals surface area contributed by atoms with Crippen LogP contribution >= 0.6 is 0 Å². The molecule has 0 bridgehead atoms. The zero-order valence-electron chi connectivity index (χ0n) is 11.4. The van der Waals surface area contributed by atoms with E-state index in [4.69, 9.17) is 5.73 Å². The second kappa shape index (κ2) is 5.48. The van der Waals surface area contributed by atoms with Gasteiger partial charge in [0.2, 0.25) is 5.91 Å². The van der Waals surface area contributed by atoms with Crippen LogP contribution in [0.5, 0.6) is 0 Å². The molecule has 100 valence electrons. The Kier molecular flexibility index (Phi) is 4.46. The topological polar surface area (TPSA) is 46.3 Å². The maximum Gasteiger partial charge on any atom is 0.244 e. The molecule has 0 fully saturated rings. The number of hydrogen-bond donors (Lipinski definition) is 1. The van der Waals surface area contributed by atoms with Crippen molar-refractivity contribution >= 4 is 11.6 Å². The Balaban J connectivity index is 3.01. The molecule has 1 atom stereocenters. The van der Waals surface area contributed by atoms with Crippen molar-refractivity contribution in [3.05, 3.63) is 30.1 Å². The first kappa shape index (κ1) is 14.6. The quantitative estimate of drug-likeness (QED) is 0.898. The summed E-state index contributed by atoms with van der Waals surface area (Å²) in [5.74, 6) is -0.543. The van der Waals surface area contributed by atoms with Gasteiger partial charge in [0, 0.05) is 12.2 Å². The van der Waals surface area contributed by atoms with Gasteiger partial charge in [-0.05, 0) is 30.5 Å². The maximum absolute atomic E-state index is 13.2. The number of carbonyl (C=O) groups excluding carboxylic acids is 1. The number of halogens is 1. The molecule has 1 rings (SSSR count). The van der Waals surface area contributed by atoms with Crippen molar-refractivity contribution in [3.63, 3.8) is 0 Å². The summed E-state index contributed by atoms with van der Waals surface area (Å²) in [4.78, 5) is 13.8. The molecule has 1 aromatic carbocycles. The Morgan fingerprint density at radius 2 is 2.06 bits per heavy atom. The summed E-state index contributed by atoms with van der Waals surface area (Å²) in [6.45, 7) is 8.04. The van der Waals surface area contributed by atoms with Crippen molar-refractivity contribution in [2.45, 2.75) is 33.7 Å². The summed E-state index contributed by atoms with van der Waals surface area (Å²) in [6.07, 6.45) is 0. The molecular formula is C14H21FN2O. The van der Waals surface area contributed by atoms with E-state index in [2.05, 4.69) is 0 Å². The van der Waals surface area contributed by atoms with Crippen molar-refractivity contribution in [2.24, 2.45) is 11.1 Å². The minimum absolute atomic E-state index is 0.185. The van der Waals surface area contributed by atoms with E-state index in [1.54, 1.807) is 12.1 Å². The lowest BCUT2D eigenvalue weighted by molar-refractivity contribution is -0.121. The lowest BCUT2D eigenvalue weighted by Gasteiger charge is -2.31. The van der Waals surface area contributed by atoms with E-state index < -0.39 is 6.04 Å². The predicted molar refractivity (Wildman–Crippen MR) is 71.9 cm³/mol. The lowest BCUT2D eigenvalue weighted by atomic mass is 9.86. The number of nitrogens with zero attached hydrogens (tertiary/aromatic N) is 1. The van der Waals surface area contributed by atoms with Crippen LogP contribution in [0.1, 0.15) is 27.7 Å². The first-order valence-electron chi connectivity index (χ1n) is 6.10. The summed E-state index contributed by atoms with van der Waals surface area (Å²) >= 11 is 0. The molecule has 0 aromatic heterocycles. The third kappa shape index (κ3) is 3.29. The molecule has 3 nitrogen and oxygen atoms in total. The number of hydrogen-bond acceptors (Lipinski definition) is 2. The molecule has 0 aliphatic rings. The van der Waals surface area contributed by atoms with Gasteiger partial charge in [-0.25, -0.2) is 4.39 Å². The van der Waals surface area contributed by atoms with Gasteiger partial charge in [0.05, 0.1) is 6.04 Å². The normalized spacial score (nSPS) is 13.2. The molecule has 0 saturated heterocycles. The number of carbonyl (C=O) groups is 1. The van der Waals surface area contributed by atoms with Crippen molar-refractivity contribution in [2.75, 3.05) is 11.4 Å². The molecular weight excluding hydrogens is 231 g/mol. The van der Waals surface area contributed by atoms with Crippen LogP contribution in [0.3, 0.4) is 0 Å². The molecule has 0 saturated carbocycles. The standard InChI is InChI=1S/C14H21FN2O/c1-5-17(11-8-6-7-10(15)9-11)13(18)12(16)14(2,3)4/h6-9,12H,5,16H2,1-4H3/t12-/m0/s1. The highest BCUT2D eigenvalue weighted by atomic mass is 19.1. The first-order chi connectivity index (χ1) is 8.27. The summed E-state index contributed by atoms with van der Waals surface area (Å²) in [5.41, 5.74) is 6.18. The first-order valence-corrected chi connectivity index (χ1v) is 6.10. The van der Waals surface area contributed by atoms with Crippen molar-refractivity contribution < 1.29 is 9.18 Å². The minimum atomic E-state index is -0.610. The Labute approximate surface area is 108 Å². The third-order valence-corrected chi connectivity index (χ3v) is 2.90. The van der Waals surface area contributed by atoms with E-state index in [1.807, 2.05) is 27.7 Å². The Morgan fingerprint density at radius 1 is 1.44 bits per heavy atom. The average Bonchev–Trinajstić information content (AvgIpc) is 2.27. The SMILES string of the molecule is CCN(C(=O)[C@H](N)C(C)(C)C)c1cccc(F)c1. The van der Waals surface area contributed by atoms with Crippen LogP contribution in [0.15, 0.2) is 24.3 Å². The highest BCUT2D eigenvalue weighted by molar-refractivity contribution is 5.97. The van der Waals surface area contributed by atoms with E-state index in [0.29, 0.717) is 12.2 Å². The van der Waals surface area contributed by atoms with E-state index in [-0.39, 0.29) is 17.1 Å². The van der Waals surface area contributed by atoms with Crippen LogP contribution in [-0.4, -0.2) is 18.5 Å². The summed E-state index contributed by atoms with van der Waals surface area (Å²) < 4.78 is 13.2. The Bertz CT molecular complexity index is 426. The number of nitrogens with two attached hydrogens (primary N) is 1. The van der Waals surface area contributed by atoms with Crippen LogP contribution < -0.4 is 10.6 Å². The molecule has 0 heterocycles. The fraction of sp³-hybridized carbons (Fsp3) is 0.500. The van der Waals surface area contributed by atoms with Crippen LogP contribution in [-0.2, 0) is 4.79 Å². The molecule has 1 aromatic rings. The van der Waals surface area contributed by atoms with Crippen LogP contribution in [0.25, 0.3) is 0 Å². The van der Waals surface area contributed by atoms with E-state index in [9.17, 15) is 9.18 Å². The highest BCUT2D eigenvalue weighted by Gasteiger charge is 2.31. The molecule has 0 aliphatic heterocycles. The summed E-state index contributed by atoms with van der Waals surface area (Å²) in [7, 11) is 0. The molecule has 0 aliphatic carbocycles. The number of rotatable bonds is 3. The smallest absolute Gasteiger partial charge is 0.244 e. The Morgan fingerprint density at radius 3 is 2.50 bits per heavy atom. The molecule has 2 N–H and O–H groups in total. The van der Waals surface area contributed by atoms with Crippen LogP contribution in [0, 0.1) is 11.2 Å². The summed E-state index contributed by atoms with van der Waals surface area (Å²) in [6, 6.07) is 5.38. The van der Waals surface area contributed by atoms with Gasteiger partial charge in [-0.3, -0.25) is 4.79 Å². The van der Waals surface area contributed by atoms with Gasteiger partial charge in [0.1, 0.15) is 5.82 Å². The predicted octanol–water partition coefficient (Wildman–Crippen LogP) is 2.55. The molecule has 0 spiro atoms. The van der Waals surface area contributed by atoms with Gasteiger partial charge in [-0.1, -0.05) is 26.8 Å². The van der Waals surface area contributed by atoms with E-state index in [0.717, 1.165) is 0 Å². The number of likely N-dealkylation sites (N-methyl/N-ethyl adjacent to an activating group) is 1. The van der Waals surface area contributed by atoms with E-state index in [1.165, 1.54) is 17.0 Å². The van der Waals surface area contributed by atoms with Crippen molar-refractivity contribution in [1.82, 2.24) is 0 Å². The van der Waals surface area contributed by atoms with Crippen molar-refractivity contribution in [3.8, 4) is 0 Å². The minimum Gasteiger partial charge on any atom is -0.319 e. The number of amides is 1. The molecule has 4 heteroatoms. The lowest BCUT2D eigenvalue weighted by Crippen LogP contribution is -2.50. The van der Waals surface area contributed by atoms with E-state index >= 15 is 0 Å². The van der Waals surface area contributed by atoms with Gasteiger partial charge in [-0.15, -0.1) is 0 Å². The number of benzene rings is 1. The van der Waals surface area contributed by atoms with Crippen molar-refractivity contribution in [1.29, 1.82) is 0 Å². The molecule has 1 amide bonds. The number of anilines is 1. The van der Waals surface area contributed by atoms with Gasteiger partial charge in [-0.2, -0.15) is 0 Å². The van der Waals surface area contributed by atoms with Crippen LogP contribution in [0.2, 0.25) is 0 Å². The second-order valence-electron chi connectivity index (χ2n) is 5.41. The van der Waals surface area contributed by atoms with Gasteiger partial charge in [0.15, 0.2) is 0 Å². The Hall–Kier alpha value is -1.42. The summed E-state index contributed by atoms with van der Waals surface area (Å²) in [5, 5.41) is 0. The fourth-order valence-corrected chi connectivity index (χ4v) is 1.65. The molecule has 0 radical (unpaired) electrons. The fourth-order valence-electron chi connectivity index (χ4n) is 1.65. The van der Waals surface area contributed by atoms with Gasteiger partial charge >= 0.3 is 0 Å². The zero-order chi connectivity index (χ0) is 13.9. The highest BCUT2D eigenvalue weighted by Crippen LogP contribution is 2.22. The maximum atomic E-state index is 13.2.